The molecule has 1 aromatic heterocycles. The van der Waals surface area contributed by atoms with E-state index in [0.717, 1.165) is 5.56 Å². The van der Waals surface area contributed by atoms with E-state index in [4.69, 9.17) is 4.74 Å². The van der Waals surface area contributed by atoms with Crippen molar-refractivity contribution in [3.05, 3.63) is 50.4 Å². The van der Waals surface area contributed by atoms with Crippen molar-refractivity contribution in [2.24, 2.45) is 0 Å². The van der Waals surface area contributed by atoms with Gasteiger partial charge in [-0.05, 0) is 39.1 Å². The van der Waals surface area contributed by atoms with Crippen molar-refractivity contribution in [2.75, 3.05) is 0 Å². The molecule has 104 valence electrons. The van der Waals surface area contributed by atoms with Gasteiger partial charge < -0.3 is 14.9 Å². The van der Waals surface area contributed by atoms with Gasteiger partial charge >= 0.3 is 5.82 Å². The predicted octanol–water partition coefficient (Wildman–Crippen LogP) is 2.70. The van der Waals surface area contributed by atoms with Crippen LogP contribution < -0.4 is 4.74 Å². The summed E-state index contributed by atoms with van der Waals surface area (Å²) in [5, 5.41) is 14.6. The van der Waals surface area contributed by atoms with Crippen molar-refractivity contribution in [3.63, 3.8) is 0 Å². The van der Waals surface area contributed by atoms with Gasteiger partial charge in [0, 0.05) is 12.0 Å². The highest BCUT2D eigenvalue weighted by Gasteiger charge is 2.26. The summed E-state index contributed by atoms with van der Waals surface area (Å²) in [5.74, 6) is 0.120. The molecule has 1 aliphatic heterocycles. The van der Waals surface area contributed by atoms with Crippen LogP contribution in [-0.4, -0.2) is 20.8 Å². The van der Waals surface area contributed by atoms with E-state index in [1.54, 1.807) is 6.07 Å². The molecule has 1 aromatic carbocycles. The first-order valence-electron chi connectivity index (χ1n) is 5.85. The normalized spacial score (nSPS) is 16.8. The van der Waals surface area contributed by atoms with E-state index in [0.29, 0.717) is 23.2 Å². The van der Waals surface area contributed by atoms with Crippen LogP contribution in [0.5, 0.6) is 5.75 Å². The summed E-state index contributed by atoms with van der Waals surface area (Å²) in [5.41, 5.74) is 0.802. The zero-order valence-electron chi connectivity index (χ0n) is 10.1. The van der Waals surface area contributed by atoms with Gasteiger partial charge in [0.05, 0.1) is 17.8 Å². The third-order valence-corrected chi connectivity index (χ3v) is 3.59. The molecule has 0 spiro atoms. The number of ether oxygens (including phenoxy) is 1. The number of hydrogen-bond acceptors (Lipinski definition) is 4. The van der Waals surface area contributed by atoms with Gasteiger partial charge in [0.15, 0.2) is 0 Å². The van der Waals surface area contributed by atoms with Gasteiger partial charge in [-0.1, -0.05) is 0 Å². The van der Waals surface area contributed by atoms with Crippen molar-refractivity contribution >= 4 is 21.7 Å². The number of fused-ring (bicyclic) bond motifs is 1. The van der Waals surface area contributed by atoms with Gasteiger partial charge in [0.1, 0.15) is 22.1 Å². The first-order chi connectivity index (χ1) is 9.52. The number of hydrogen-bond donors (Lipinski definition) is 0. The SMILES string of the molecule is O=[N+]([O-])c1nn(CC2Cc3cc(F)ccc3O2)cc1Br. The Morgan fingerprint density at radius 1 is 1.60 bits per heavy atom. The van der Waals surface area contributed by atoms with Crippen molar-refractivity contribution in [2.45, 2.75) is 19.1 Å². The van der Waals surface area contributed by atoms with Crippen LogP contribution in [0.15, 0.2) is 28.9 Å². The second-order valence-electron chi connectivity index (χ2n) is 4.48. The van der Waals surface area contributed by atoms with E-state index in [1.165, 1.54) is 23.0 Å². The Morgan fingerprint density at radius 3 is 3.10 bits per heavy atom. The third-order valence-electron chi connectivity index (χ3n) is 3.03. The van der Waals surface area contributed by atoms with Crippen LogP contribution >= 0.6 is 15.9 Å². The molecule has 20 heavy (non-hydrogen) atoms. The Morgan fingerprint density at radius 2 is 2.40 bits per heavy atom. The number of nitro groups is 1. The minimum Gasteiger partial charge on any atom is -0.488 e. The first-order valence-corrected chi connectivity index (χ1v) is 6.64. The number of benzene rings is 1. The largest absolute Gasteiger partial charge is 0.488 e. The molecule has 3 rings (SSSR count). The molecule has 0 aliphatic carbocycles. The first kappa shape index (κ1) is 13.0. The Kier molecular flexibility index (Phi) is 3.17. The summed E-state index contributed by atoms with van der Waals surface area (Å²) in [6.45, 7) is 0.364. The molecular formula is C12H9BrFN3O3. The number of halogens is 2. The van der Waals surface area contributed by atoms with Crippen molar-refractivity contribution in [1.29, 1.82) is 0 Å². The summed E-state index contributed by atoms with van der Waals surface area (Å²) in [6.07, 6.45) is 1.88. The van der Waals surface area contributed by atoms with Crippen LogP contribution in [-0.2, 0) is 13.0 Å². The predicted molar refractivity (Wildman–Crippen MR) is 71.1 cm³/mol. The smallest absolute Gasteiger partial charge is 0.404 e. The Hall–Kier alpha value is -1.96. The molecule has 0 saturated carbocycles. The summed E-state index contributed by atoms with van der Waals surface area (Å²) < 4.78 is 20.5. The summed E-state index contributed by atoms with van der Waals surface area (Å²) in [4.78, 5) is 10.2. The average molecular weight is 342 g/mol. The van der Waals surface area contributed by atoms with Gasteiger partial charge in [-0.25, -0.2) is 4.39 Å². The Balaban J connectivity index is 1.75. The van der Waals surface area contributed by atoms with Crippen molar-refractivity contribution < 1.29 is 14.1 Å². The van der Waals surface area contributed by atoms with Crippen molar-refractivity contribution in [1.82, 2.24) is 9.78 Å². The van der Waals surface area contributed by atoms with E-state index in [9.17, 15) is 14.5 Å². The second-order valence-corrected chi connectivity index (χ2v) is 5.33. The molecule has 1 aliphatic rings. The van der Waals surface area contributed by atoms with Crippen LogP contribution in [0, 0.1) is 15.9 Å². The van der Waals surface area contributed by atoms with Crippen LogP contribution in [0.3, 0.4) is 0 Å². The number of nitrogens with zero attached hydrogens (tertiary/aromatic N) is 3. The summed E-state index contributed by atoms with van der Waals surface area (Å²) in [7, 11) is 0. The summed E-state index contributed by atoms with van der Waals surface area (Å²) in [6, 6.07) is 4.37. The quantitative estimate of drug-likeness (QED) is 0.635. The molecule has 6 nitrogen and oxygen atoms in total. The van der Waals surface area contributed by atoms with Gasteiger partial charge in [-0.3, -0.25) is 0 Å². The molecule has 0 amide bonds. The zero-order valence-corrected chi connectivity index (χ0v) is 11.7. The van der Waals surface area contributed by atoms with E-state index < -0.39 is 4.92 Å². The van der Waals surface area contributed by atoms with E-state index in [1.807, 2.05) is 0 Å². The van der Waals surface area contributed by atoms with Crippen LogP contribution in [0.25, 0.3) is 0 Å². The molecule has 0 fully saturated rings. The highest BCUT2D eigenvalue weighted by Crippen LogP contribution is 2.30. The summed E-state index contributed by atoms with van der Waals surface area (Å²) >= 11 is 3.09. The van der Waals surface area contributed by atoms with Gasteiger partial charge in [-0.15, -0.1) is 0 Å². The fourth-order valence-electron chi connectivity index (χ4n) is 2.20. The molecule has 0 saturated heterocycles. The molecule has 0 N–H and O–H groups in total. The Bertz CT molecular complexity index is 689. The van der Waals surface area contributed by atoms with Crippen LogP contribution in [0.1, 0.15) is 5.56 Å². The lowest BCUT2D eigenvalue weighted by atomic mass is 10.1. The highest BCUT2D eigenvalue weighted by atomic mass is 79.9. The molecule has 2 aromatic rings. The fraction of sp³-hybridized carbons (Fsp3) is 0.250. The molecule has 0 bridgehead atoms. The lowest BCUT2D eigenvalue weighted by Gasteiger charge is -2.07. The Labute approximate surface area is 121 Å². The maximum Gasteiger partial charge on any atom is 0.404 e. The highest BCUT2D eigenvalue weighted by molar-refractivity contribution is 9.10. The lowest BCUT2D eigenvalue weighted by molar-refractivity contribution is -0.390. The third kappa shape index (κ3) is 2.38. The van der Waals surface area contributed by atoms with Crippen LogP contribution in [0.4, 0.5) is 10.2 Å². The minimum atomic E-state index is -0.555. The molecule has 8 heteroatoms. The molecule has 1 atom stereocenters. The molecule has 2 heterocycles. The number of aromatic nitrogens is 2. The molecule has 0 radical (unpaired) electrons. The maximum atomic E-state index is 13.1. The van der Waals surface area contributed by atoms with Gasteiger partial charge in [-0.2, -0.15) is 4.68 Å². The van der Waals surface area contributed by atoms with E-state index >= 15 is 0 Å². The minimum absolute atomic E-state index is 0.210. The van der Waals surface area contributed by atoms with E-state index in [2.05, 4.69) is 21.0 Å². The monoisotopic (exact) mass is 341 g/mol. The van der Waals surface area contributed by atoms with Crippen molar-refractivity contribution in [3.8, 4) is 5.75 Å². The second kappa shape index (κ2) is 4.86. The molecular weight excluding hydrogens is 333 g/mol. The zero-order chi connectivity index (χ0) is 14.3. The van der Waals surface area contributed by atoms with Crippen LogP contribution in [0.2, 0.25) is 0 Å². The molecule has 1 unspecified atom stereocenters. The lowest BCUT2D eigenvalue weighted by Crippen LogP contribution is -2.21. The fourth-order valence-corrected chi connectivity index (χ4v) is 2.66. The van der Waals surface area contributed by atoms with E-state index in [-0.39, 0.29) is 17.7 Å². The van der Waals surface area contributed by atoms with Gasteiger partial charge in [0.25, 0.3) is 0 Å². The standard InChI is InChI=1S/C12H9BrFN3O3/c13-10-6-16(15-12(10)17(18)19)5-9-4-7-3-8(14)1-2-11(7)20-9/h1-3,6,9H,4-5H2. The average Bonchev–Trinajstić information content (AvgIpc) is 2.92. The van der Waals surface area contributed by atoms with Gasteiger partial charge in [0.2, 0.25) is 0 Å². The number of rotatable bonds is 3. The topological polar surface area (TPSA) is 70.2 Å². The maximum absolute atomic E-state index is 13.1.